The van der Waals surface area contributed by atoms with Crippen LogP contribution in [0.3, 0.4) is 0 Å². The Labute approximate surface area is 102 Å². The van der Waals surface area contributed by atoms with Gasteiger partial charge >= 0.3 is 5.97 Å². The fraction of sp³-hybridized carbons (Fsp3) is 0.615. The first kappa shape index (κ1) is 12.3. The molecule has 0 aromatic heterocycles. The zero-order valence-corrected chi connectivity index (χ0v) is 10.3. The van der Waals surface area contributed by atoms with Crippen molar-refractivity contribution < 1.29 is 14.6 Å². The lowest BCUT2D eigenvalue weighted by molar-refractivity contribution is -0.144. The lowest BCUT2D eigenvalue weighted by atomic mass is 10.1. The summed E-state index contributed by atoms with van der Waals surface area (Å²) in [6, 6.07) is 0.0913. The molecule has 0 unspecified atom stereocenters. The van der Waals surface area contributed by atoms with Crippen molar-refractivity contribution in [2.45, 2.75) is 32.4 Å². The molecule has 4 nitrogen and oxygen atoms in total. The van der Waals surface area contributed by atoms with Crippen molar-refractivity contribution >= 4 is 5.97 Å². The average Bonchev–Trinajstić information content (AvgIpc) is 2.90. The lowest BCUT2D eigenvalue weighted by Crippen LogP contribution is -2.35. The van der Waals surface area contributed by atoms with E-state index in [1.807, 2.05) is 13.0 Å². The molecular formula is C13H19NO3. The number of hydrogen-bond acceptors (Lipinski definition) is 4. The highest BCUT2D eigenvalue weighted by atomic mass is 16.5. The van der Waals surface area contributed by atoms with Gasteiger partial charge in [0, 0.05) is 18.7 Å². The minimum Gasteiger partial charge on any atom is -0.457 e. The molecule has 1 saturated heterocycles. The number of ether oxygens (including phenoxy) is 1. The van der Waals surface area contributed by atoms with Gasteiger partial charge in [0.25, 0.3) is 0 Å². The Kier molecular flexibility index (Phi) is 3.64. The molecule has 2 aliphatic rings. The van der Waals surface area contributed by atoms with E-state index in [0.29, 0.717) is 5.57 Å². The van der Waals surface area contributed by atoms with Crippen LogP contribution in [0.2, 0.25) is 0 Å². The van der Waals surface area contributed by atoms with Crippen LogP contribution < -0.4 is 0 Å². The van der Waals surface area contributed by atoms with Gasteiger partial charge < -0.3 is 9.84 Å². The van der Waals surface area contributed by atoms with Crippen LogP contribution >= 0.6 is 0 Å². The SMILES string of the molecule is C/C=C(/C)C(=O)O[C@H]1CCN2CC=C(CO)[C@H]12. The van der Waals surface area contributed by atoms with E-state index in [-0.39, 0.29) is 24.7 Å². The molecule has 0 radical (unpaired) electrons. The number of carbonyl (C=O) groups is 1. The van der Waals surface area contributed by atoms with Crippen molar-refractivity contribution in [2.24, 2.45) is 0 Å². The second-order valence-corrected chi connectivity index (χ2v) is 4.58. The summed E-state index contributed by atoms with van der Waals surface area (Å²) in [5, 5.41) is 9.27. The Morgan fingerprint density at radius 1 is 1.71 bits per heavy atom. The quantitative estimate of drug-likeness (QED) is 0.449. The Morgan fingerprint density at radius 2 is 2.47 bits per heavy atom. The van der Waals surface area contributed by atoms with Crippen molar-refractivity contribution in [3.63, 3.8) is 0 Å². The normalized spacial score (nSPS) is 29.1. The number of fused-ring (bicyclic) bond motifs is 1. The summed E-state index contributed by atoms with van der Waals surface area (Å²) in [7, 11) is 0. The second-order valence-electron chi connectivity index (χ2n) is 4.58. The van der Waals surface area contributed by atoms with Gasteiger partial charge in [0.15, 0.2) is 0 Å². The Balaban J connectivity index is 2.03. The third kappa shape index (κ3) is 2.28. The molecule has 0 aromatic rings. The van der Waals surface area contributed by atoms with Gasteiger partial charge in [0.05, 0.1) is 12.6 Å². The maximum absolute atomic E-state index is 11.7. The van der Waals surface area contributed by atoms with Gasteiger partial charge in [-0.2, -0.15) is 0 Å². The molecule has 1 fully saturated rings. The molecule has 2 aliphatic heterocycles. The van der Waals surface area contributed by atoms with Gasteiger partial charge in [-0.05, 0) is 25.8 Å². The van der Waals surface area contributed by atoms with Crippen LogP contribution in [0.15, 0.2) is 23.3 Å². The van der Waals surface area contributed by atoms with E-state index < -0.39 is 0 Å². The number of aliphatic hydroxyl groups excluding tert-OH is 1. The largest absolute Gasteiger partial charge is 0.457 e. The highest BCUT2D eigenvalue weighted by Gasteiger charge is 2.41. The van der Waals surface area contributed by atoms with Crippen LogP contribution in [-0.2, 0) is 9.53 Å². The summed E-state index contributed by atoms with van der Waals surface area (Å²) in [5.74, 6) is -0.247. The van der Waals surface area contributed by atoms with Crippen LogP contribution in [0.25, 0.3) is 0 Å². The maximum atomic E-state index is 11.7. The molecule has 4 heteroatoms. The van der Waals surface area contributed by atoms with E-state index in [2.05, 4.69) is 4.90 Å². The van der Waals surface area contributed by atoms with Crippen LogP contribution in [-0.4, -0.2) is 47.8 Å². The standard InChI is InChI=1S/C13H19NO3/c1-3-9(2)13(16)17-11-5-7-14-6-4-10(8-15)12(11)14/h3-4,11-12,15H,5-8H2,1-2H3/b9-3-/t11-,12+/m0/s1. The molecular weight excluding hydrogens is 218 g/mol. The van der Waals surface area contributed by atoms with Gasteiger partial charge in [-0.15, -0.1) is 0 Å². The summed E-state index contributed by atoms with van der Waals surface area (Å²) in [4.78, 5) is 14.0. The number of allylic oxidation sites excluding steroid dienone is 1. The number of hydrogen-bond donors (Lipinski definition) is 1. The Morgan fingerprint density at radius 3 is 3.12 bits per heavy atom. The molecule has 0 aromatic carbocycles. The predicted molar refractivity (Wildman–Crippen MR) is 64.5 cm³/mol. The van der Waals surface area contributed by atoms with E-state index in [1.165, 1.54) is 0 Å². The van der Waals surface area contributed by atoms with Crippen molar-refractivity contribution in [1.82, 2.24) is 4.90 Å². The maximum Gasteiger partial charge on any atom is 0.333 e. The fourth-order valence-corrected chi connectivity index (χ4v) is 2.49. The zero-order valence-electron chi connectivity index (χ0n) is 10.3. The van der Waals surface area contributed by atoms with Crippen LogP contribution in [0.1, 0.15) is 20.3 Å². The molecule has 1 N–H and O–H groups in total. The number of carbonyl (C=O) groups excluding carboxylic acids is 1. The summed E-state index contributed by atoms with van der Waals surface area (Å²) < 4.78 is 5.51. The molecule has 0 aliphatic carbocycles. The molecule has 2 heterocycles. The van der Waals surface area contributed by atoms with Crippen LogP contribution in [0.4, 0.5) is 0 Å². The van der Waals surface area contributed by atoms with Crippen molar-refractivity contribution in [3.8, 4) is 0 Å². The minimum absolute atomic E-state index is 0.0534. The monoisotopic (exact) mass is 237 g/mol. The van der Waals surface area contributed by atoms with E-state index in [1.54, 1.807) is 13.0 Å². The minimum atomic E-state index is -0.247. The van der Waals surface area contributed by atoms with Crippen LogP contribution in [0.5, 0.6) is 0 Å². The van der Waals surface area contributed by atoms with E-state index in [9.17, 15) is 9.90 Å². The van der Waals surface area contributed by atoms with Crippen molar-refractivity contribution in [3.05, 3.63) is 23.3 Å². The molecule has 2 rings (SSSR count). The summed E-state index contributed by atoms with van der Waals surface area (Å²) in [6.07, 6.45) is 4.53. The highest BCUT2D eigenvalue weighted by molar-refractivity contribution is 5.87. The number of nitrogens with zero attached hydrogens (tertiary/aromatic N) is 1. The number of esters is 1. The van der Waals surface area contributed by atoms with E-state index in [0.717, 1.165) is 25.1 Å². The number of aliphatic hydroxyl groups is 1. The number of rotatable bonds is 3. The molecule has 17 heavy (non-hydrogen) atoms. The predicted octanol–water partition coefficient (Wildman–Crippen LogP) is 0.871. The molecule has 0 spiro atoms. The van der Waals surface area contributed by atoms with E-state index in [4.69, 9.17) is 4.74 Å². The Bertz CT molecular complexity index is 373. The first-order chi connectivity index (χ1) is 8.17. The topological polar surface area (TPSA) is 49.8 Å². The summed E-state index contributed by atoms with van der Waals surface area (Å²) in [5.41, 5.74) is 1.62. The van der Waals surface area contributed by atoms with Gasteiger partial charge in [0.2, 0.25) is 0 Å². The summed E-state index contributed by atoms with van der Waals surface area (Å²) >= 11 is 0. The first-order valence-electron chi connectivity index (χ1n) is 6.05. The van der Waals surface area contributed by atoms with Crippen molar-refractivity contribution in [1.29, 1.82) is 0 Å². The lowest BCUT2D eigenvalue weighted by Gasteiger charge is -2.23. The molecule has 0 amide bonds. The zero-order chi connectivity index (χ0) is 12.4. The van der Waals surface area contributed by atoms with Gasteiger partial charge in [-0.3, -0.25) is 4.90 Å². The fourth-order valence-electron chi connectivity index (χ4n) is 2.49. The molecule has 0 saturated carbocycles. The first-order valence-corrected chi connectivity index (χ1v) is 6.05. The third-order valence-corrected chi connectivity index (χ3v) is 3.61. The van der Waals surface area contributed by atoms with Gasteiger partial charge in [-0.25, -0.2) is 4.79 Å². The highest BCUT2D eigenvalue weighted by Crippen LogP contribution is 2.31. The molecule has 0 bridgehead atoms. The summed E-state index contributed by atoms with van der Waals surface area (Å²) in [6.45, 7) is 5.42. The van der Waals surface area contributed by atoms with Crippen molar-refractivity contribution in [2.75, 3.05) is 19.7 Å². The second kappa shape index (κ2) is 5.02. The van der Waals surface area contributed by atoms with Crippen LogP contribution in [0, 0.1) is 0 Å². The molecule has 2 atom stereocenters. The smallest absolute Gasteiger partial charge is 0.333 e. The van der Waals surface area contributed by atoms with Gasteiger partial charge in [-0.1, -0.05) is 12.2 Å². The Hall–Kier alpha value is -1.13. The third-order valence-electron chi connectivity index (χ3n) is 3.61. The molecule has 94 valence electrons. The van der Waals surface area contributed by atoms with Gasteiger partial charge in [0.1, 0.15) is 6.10 Å². The van der Waals surface area contributed by atoms with E-state index >= 15 is 0 Å². The average molecular weight is 237 g/mol.